The van der Waals surface area contributed by atoms with Crippen LogP contribution in [0.3, 0.4) is 0 Å². The number of rotatable bonds is 51. The van der Waals surface area contributed by atoms with Crippen molar-refractivity contribution in [2.45, 2.75) is 232 Å². The molecule has 0 aromatic rings. The summed E-state index contributed by atoms with van der Waals surface area (Å²) >= 11 is 0. The van der Waals surface area contributed by atoms with Crippen molar-refractivity contribution in [3.63, 3.8) is 0 Å². The van der Waals surface area contributed by atoms with E-state index < -0.39 is 12.1 Å². The Bertz CT molecular complexity index is 1750. The van der Waals surface area contributed by atoms with E-state index in [1.807, 2.05) is 24.3 Å². The largest absolute Gasteiger partial charge is 0.462 e. The van der Waals surface area contributed by atoms with Crippen LogP contribution in [0, 0.1) is 0 Å². The van der Waals surface area contributed by atoms with Crippen LogP contribution in [-0.2, 0) is 28.6 Å². The van der Waals surface area contributed by atoms with Crippen molar-refractivity contribution in [1.82, 2.24) is 0 Å². The quantitative estimate of drug-likeness (QED) is 0.0261. The van der Waals surface area contributed by atoms with Crippen LogP contribution < -0.4 is 0 Å². The van der Waals surface area contributed by atoms with E-state index in [0.717, 1.165) is 103 Å². The van der Waals surface area contributed by atoms with Crippen LogP contribution in [0.2, 0.25) is 0 Å². The zero-order chi connectivity index (χ0) is 54.3. The van der Waals surface area contributed by atoms with Gasteiger partial charge in [-0.3, -0.25) is 14.4 Å². The number of carbonyl (C=O) groups is 3. The molecule has 0 amide bonds. The number of carbonyl (C=O) groups excluding carboxylic acids is 3. The molecule has 0 saturated carbocycles. The van der Waals surface area contributed by atoms with Crippen LogP contribution in [-0.4, -0.2) is 37.2 Å². The molecule has 0 heterocycles. The molecule has 0 radical (unpaired) electrons. The fourth-order valence-corrected chi connectivity index (χ4v) is 7.35. The van der Waals surface area contributed by atoms with Crippen LogP contribution in [0.1, 0.15) is 226 Å². The highest BCUT2D eigenvalue weighted by Crippen LogP contribution is 2.13. The molecule has 0 aromatic carbocycles. The third kappa shape index (κ3) is 59.5. The number of hydrogen-bond donors (Lipinski definition) is 0. The topological polar surface area (TPSA) is 78.9 Å². The smallest absolute Gasteiger partial charge is 0.306 e. The summed E-state index contributed by atoms with van der Waals surface area (Å²) in [7, 11) is 0. The lowest BCUT2D eigenvalue weighted by molar-refractivity contribution is -0.166. The lowest BCUT2D eigenvalue weighted by atomic mass is 10.1. The van der Waals surface area contributed by atoms with Gasteiger partial charge in [0.15, 0.2) is 6.10 Å². The predicted octanol–water partition coefficient (Wildman–Crippen LogP) is 20.3. The molecule has 0 bridgehead atoms. The fourth-order valence-electron chi connectivity index (χ4n) is 7.35. The fraction of sp³-hybridized carbons (Fsp3) is 0.551. The molecule has 75 heavy (non-hydrogen) atoms. The molecule has 0 aliphatic heterocycles. The Balaban J connectivity index is 4.65. The van der Waals surface area contributed by atoms with Crippen LogP contribution in [0.15, 0.2) is 170 Å². The van der Waals surface area contributed by atoms with Crippen molar-refractivity contribution < 1.29 is 28.6 Å². The lowest BCUT2D eigenvalue weighted by Crippen LogP contribution is -2.30. The highest BCUT2D eigenvalue weighted by Gasteiger charge is 2.19. The monoisotopic (exact) mass is 1030 g/mol. The summed E-state index contributed by atoms with van der Waals surface area (Å²) < 4.78 is 16.7. The Labute approximate surface area is 460 Å². The van der Waals surface area contributed by atoms with Crippen LogP contribution in [0.25, 0.3) is 0 Å². The van der Waals surface area contributed by atoms with E-state index in [4.69, 9.17) is 14.2 Å². The molecule has 0 N–H and O–H groups in total. The van der Waals surface area contributed by atoms with Crippen molar-refractivity contribution in [2.24, 2.45) is 0 Å². The van der Waals surface area contributed by atoms with Crippen molar-refractivity contribution in [3.05, 3.63) is 170 Å². The molecular weight excluding hydrogens is 925 g/mol. The minimum absolute atomic E-state index is 0.142. The molecule has 6 heteroatoms. The Morgan fingerprint density at radius 3 is 0.893 bits per heavy atom. The highest BCUT2D eigenvalue weighted by atomic mass is 16.6. The van der Waals surface area contributed by atoms with Gasteiger partial charge in [0.05, 0.1) is 0 Å². The maximum absolute atomic E-state index is 12.8. The van der Waals surface area contributed by atoms with Crippen LogP contribution in [0.5, 0.6) is 0 Å². The third-order valence-corrected chi connectivity index (χ3v) is 11.7. The van der Waals surface area contributed by atoms with E-state index in [-0.39, 0.29) is 38.0 Å². The number of hydrogen-bond acceptors (Lipinski definition) is 6. The maximum atomic E-state index is 12.8. The SMILES string of the molecule is CC/C=C\C/C=C\C/C=C\C/C=C\C/C=C\C/C=C\CCC(=O)OC[C@H](COC(=O)CCCCCCCCCCC/C=C\C/C=C\CCCCC)OC(=O)CC/C=C\C/C=C\C/C=C\C/C=C\C/C=C\C/C=C\CC. The molecule has 6 nitrogen and oxygen atoms in total. The molecule has 0 unspecified atom stereocenters. The summed E-state index contributed by atoms with van der Waals surface area (Å²) in [5, 5.41) is 0. The van der Waals surface area contributed by atoms with Gasteiger partial charge < -0.3 is 14.2 Å². The summed E-state index contributed by atoms with van der Waals surface area (Å²) in [6, 6.07) is 0. The molecular formula is C69H106O6. The average Bonchev–Trinajstić information content (AvgIpc) is 3.41. The molecule has 1 atom stereocenters. The van der Waals surface area contributed by atoms with Gasteiger partial charge >= 0.3 is 17.9 Å². The number of unbranched alkanes of at least 4 members (excludes halogenated alkanes) is 12. The second-order valence-corrected chi connectivity index (χ2v) is 18.8. The Morgan fingerprint density at radius 1 is 0.280 bits per heavy atom. The van der Waals surface area contributed by atoms with Gasteiger partial charge in [-0.2, -0.15) is 0 Å². The summed E-state index contributed by atoms with van der Waals surface area (Å²) in [5.74, 6) is -1.13. The first-order valence-electron chi connectivity index (χ1n) is 29.6. The summed E-state index contributed by atoms with van der Waals surface area (Å²) in [5.41, 5.74) is 0. The zero-order valence-corrected chi connectivity index (χ0v) is 47.7. The number of allylic oxidation sites excluding steroid dienone is 28. The van der Waals surface area contributed by atoms with Gasteiger partial charge in [0, 0.05) is 19.3 Å². The van der Waals surface area contributed by atoms with Gasteiger partial charge in [-0.1, -0.05) is 249 Å². The first kappa shape index (κ1) is 69.8. The van der Waals surface area contributed by atoms with E-state index >= 15 is 0 Å². The Morgan fingerprint density at radius 2 is 0.547 bits per heavy atom. The van der Waals surface area contributed by atoms with Gasteiger partial charge in [0.25, 0.3) is 0 Å². The molecule has 0 spiro atoms. The van der Waals surface area contributed by atoms with Gasteiger partial charge in [-0.25, -0.2) is 0 Å². The minimum atomic E-state index is -0.861. The summed E-state index contributed by atoms with van der Waals surface area (Å²) in [6.07, 6.45) is 90.8. The van der Waals surface area contributed by atoms with Crippen molar-refractivity contribution in [2.75, 3.05) is 13.2 Å². The molecule has 0 aliphatic rings. The Kier molecular flexibility index (Phi) is 57.0. The van der Waals surface area contributed by atoms with E-state index in [1.165, 1.54) is 70.6 Å². The Hall–Kier alpha value is -5.23. The second-order valence-electron chi connectivity index (χ2n) is 18.8. The number of ether oxygens (including phenoxy) is 3. The molecule has 0 fully saturated rings. The van der Waals surface area contributed by atoms with E-state index in [0.29, 0.717) is 19.3 Å². The maximum Gasteiger partial charge on any atom is 0.306 e. The summed E-state index contributed by atoms with van der Waals surface area (Å²) in [6.45, 7) is 6.24. The van der Waals surface area contributed by atoms with E-state index in [1.54, 1.807) is 0 Å². The lowest BCUT2D eigenvalue weighted by Gasteiger charge is -2.18. The summed E-state index contributed by atoms with van der Waals surface area (Å²) in [4.78, 5) is 38.2. The van der Waals surface area contributed by atoms with Crippen molar-refractivity contribution in [3.8, 4) is 0 Å². The van der Waals surface area contributed by atoms with Crippen LogP contribution in [0.4, 0.5) is 0 Å². The molecule has 0 aliphatic carbocycles. The van der Waals surface area contributed by atoms with Gasteiger partial charge in [-0.05, 0) is 128 Å². The highest BCUT2D eigenvalue weighted by molar-refractivity contribution is 5.71. The van der Waals surface area contributed by atoms with Crippen molar-refractivity contribution in [1.29, 1.82) is 0 Å². The zero-order valence-electron chi connectivity index (χ0n) is 47.7. The van der Waals surface area contributed by atoms with E-state index in [2.05, 4.69) is 167 Å². The van der Waals surface area contributed by atoms with Crippen LogP contribution >= 0.6 is 0 Å². The number of esters is 3. The molecule has 0 aromatic heterocycles. The molecule has 0 saturated heterocycles. The van der Waals surface area contributed by atoms with E-state index in [9.17, 15) is 14.4 Å². The van der Waals surface area contributed by atoms with Gasteiger partial charge in [0.2, 0.25) is 0 Å². The normalized spacial score (nSPS) is 13.4. The third-order valence-electron chi connectivity index (χ3n) is 11.7. The average molecular weight is 1030 g/mol. The van der Waals surface area contributed by atoms with Gasteiger partial charge in [-0.15, -0.1) is 0 Å². The standard InChI is InChI=1S/C69H106O6/c1-4-7-10-13-16-19-22-25-28-31-34-37-40-43-46-49-52-55-58-61-67(70)73-64-66(75-69(72)63-60-57-54-51-48-45-42-39-36-33-30-27-24-21-18-15-12-9-6-3)65-74-68(71)62-59-56-53-50-47-44-41-38-35-32-29-26-23-20-17-14-11-8-5-2/h7,9-10,12,16-21,25-30,34,36-37,39,43,45-46,48,52,54-55,57,66H,4-6,8,11,13-15,22-24,31-33,35,38,40-42,44,47,49-51,53,56,58-65H2,1-3H3/b10-7-,12-9-,19-16-,20-17-,21-18-,28-25-,29-26-,30-27-,37-34-,39-36-,46-43-,48-45-,55-52-,57-54-/t66-/m1/s1. The van der Waals surface area contributed by atoms with Gasteiger partial charge in [0.1, 0.15) is 13.2 Å². The molecule has 0 rings (SSSR count). The second kappa shape index (κ2) is 61.3. The van der Waals surface area contributed by atoms with Crippen molar-refractivity contribution >= 4 is 17.9 Å². The first-order valence-corrected chi connectivity index (χ1v) is 29.6. The first-order chi connectivity index (χ1) is 37.0. The minimum Gasteiger partial charge on any atom is -0.462 e. The molecule has 418 valence electrons. The predicted molar refractivity (Wildman–Crippen MR) is 325 cm³/mol.